The summed E-state index contributed by atoms with van der Waals surface area (Å²) in [6.07, 6.45) is 3.65. The van der Waals surface area contributed by atoms with Gasteiger partial charge in [-0.2, -0.15) is 0 Å². The standard InChI is InChI=1S/C16H14Cl2N4O/c17-11-8-12(18)10-13(9-11)19-16(23)6-3-5-15-21-20-14-4-1-2-7-22(14)15/h1-2,4,7-10H,3,5-6H2,(H,19,23). The highest BCUT2D eigenvalue weighted by Gasteiger charge is 2.08. The molecule has 23 heavy (non-hydrogen) atoms. The van der Waals surface area contributed by atoms with Crippen LogP contribution in [0.5, 0.6) is 0 Å². The Bertz CT molecular complexity index is 827. The van der Waals surface area contributed by atoms with Gasteiger partial charge in [0.1, 0.15) is 5.82 Å². The number of rotatable bonds is 5. The molecular formula is C16H14Cl2N4O. The van der Waals surface area contributed by atoms with Gasteiger partial charge in [0.25, 0.3) is 0 Å². The summed E-state index contributed by atoms with van der Waals surface area (Å²) < 4.78 is 1.93. The molecule has 5 nitrogen and oxygen atoms in total. The van der Waals surface area contributed by atoms with E-state index in [4.69, 9.17) is 23.2 Å². The summed E-state index contributed by atoms with van der Waals surface area (Å²) in [6.45, 7) is 0. The fourth-order valence-electron chi connectivity index (χ4n) is 2.32. The summed E-state index contributed by atoms with van der Waals surface area (Å²) in [7, 11) is 0. The monoisotopic (exact) mass is 348 g/mol. The number of carbonyl (C=O) groups excluding carboxylic acids is 1. The molecule has 0 unspecified atom stereocenters. The predicted molar refractivity (Wildman–Crippen MR) is 91.0 cm³/mol. The second-order valence-electron chi connectivity index (χ2n) is 5.10. The molecule has 0 bridgehead atoms. The van der Waals surface area contributed by atoms with E-state index in [-0.39, 0.29) is 5.91 Å². The number of amides is 1. The van der Waals surface area contributed by atoms with Crippen LogP contribution < -0.4 is 5.32 Å². The minimum Gasteiger partial charge on any atom is -0.326 e. The van der Waals surface area contributed by atoms with Crippen molar-refractivity contribution in [1.82, 2.24) is 14.6 Å². The average molecular weight is 349 g/mol. The first kappa shape index (κ1) is 15.8. The normalized spacial score (nSPS) is 10.9. The predicted octanol–water partition coefficient (Wildman–Crippen LogP) is 4.00. The lowest BCUT2D eigenvalue weighted by atomic mass is 10.2. The van der Waals surface area contributed by atoms with E-state index >= 15 is 0 Å². The van der Waals surface area contributed by atoms with Gasteiger partial charge in [0.05, 0.1) is 0 Å². The van der Waals surface area contributed by atoms with Crippen LogP contribution in [0.2, 0.25) is 10.0 Å². The molecule has 0 fully saturated rings. The number of hydrogen-bond acceptors (Lipinski definition) is 3. The van der Waals surface area contributed by atoms with E-state index in [9.17, 15) is 4.79 Å². The Kier molecular flexibility index (Phi) is 4.79. The van der Waals surface area contributed by atoms with Crippen LogP contribution in [-0.2, 0) is 11.2 Å². The Hall–Kier alpha value is -2.11. The highest BCUT2D eigenvalue weighted by atomic mass is 35.5. The van der Waals surface area contributed by atoms with Gasteiger partial charge < -0.3 is 5.32 Å². The average Bonchev–Trinajstić information content (AvgIpc) is 2.90. The second kappa shape index (κ2) is 6.98. The molecule has 0 saturated heterocycles. The summed E-state index contributed by atoms with van der Waals surface area (Å²) in [4.78, 5) is 12.0. The first-order valence-electron chi connectivity index (χ1n) is 7.16. The van der Waals surface area contributed by atoms with Crippen molar-refractivity contribution in [3.8, 4) is 0 Å². The number of pyridine rings is 1. The molecule has 3 rings (SSSR count). The number of carbonyl (C=O) groups is 1. The van der Waals surface area contributed by atoms with Crippen molar-refractivity contribution in [3.63, 3.8) is 0 Å². The lowest BCUT2D eigenvalue weighted by molar-refractivity contribution is -0.116. The van der Waals surface area contributed by atoms with Crippen molar-refractivity contribution in [2.75, 3.05) is 5.32 Å². The van der Waals surface area contributed by atoms with Crippen LogP contribution in [0.4, 0.5) is 5.69 Å². The molecule has 1 N–H and O–H groups in total. The lowest BCUT2D eigenvalue weighted by Crippen LogP contribution is -2.11. The molecule has 0 saturated carbocycles. The highest BCUT2D eigenvalue weighted by molar-refractivity contribution is 6.35. The molecule has 2 heterocycles. The third-order valence-corrected chi connectivity index (χ3v) is 3.77. The SMILES string of the molecule is O=C(CCCc1nnc2ccccn12)Nc1cc(Cl)cc(Cl)c1. The molecular weight excluding hydrogens is 335 g/mol. The van der Waals surface area contributed by atoms with E-state index in [0.29, 0.717) is 35.0 Å². The first-order chi connectivity index (χ1) is 11.1. The first-order valence-corrected chi connectivity index (χ1v) is 7.92. The lowest BCUT2D eigenvalue weighted by Gasteiger charge is -2.06. The Balaban J connectivity index is 1.55. The number of benzene rings is 1. The zero-order valence-corrected chi connectivity index (χ0v) is 13.7. The van der Waals surface area contributed by atoms with Gasteiger partial charge >= 0.3 is 0 Å². The molecule has 0 aliphatic heterocycles. The van der Waals surface area contributed by atoms with E-state index in [1.807, 2.05) is 28.8 Å². The molecule has 118 valence electrons. The second-order valence-corrected chi connectivity index (χ2v) is 5.98. The number of aromatic nitrogens is 3. The van der Waals surface area contributed by atoms with Crippen LogP contribution in [0.15, 0.2) is 42.6 Å². The maximum absolute atomic E-state index is 12.0. The maximum Gasteiger partial charge on any atom is 0.224 e. The van der Waals surface area contributed by atoms with E-state index in [0.717, 1.165) is 11.5 Å². The van der Waals surface area contributed by atoms with Gasteiger partial charge in [0.2, 0.25) is 5.91 Å². The van der Waals surface area contributed by atoms with Crippen LogP contribution in [0.25, 0.3) is 5.65 Å². The molecule has 2 aromatic heterocycles. The third kappa shape index (κ3) is 4.00. The van der Waals surface area contributed by atoms with Crippen LogP contribution in [-0.4, -0.2) is 20.5 Å². The van der Waals surface area contributed by atoms with E-state index in [2.05, 4.69) is 15.5 Å². The number of aryl methyl sites for hydroxylation is 1. The van der Waals surface area contributed by atoms with Crippen molar-refractivity contribution >= 4 is 40.4 Å². The molecule has 7 heteroatoms. The fourth-order valence-corrected chi connectivity index (χ4v) is 2.84. The third-order valence-electron chi connectivity index (χ3n) is 3.33. The summed E-state index contributed by atoms with van der Waals surface area (Å²) in [5.41, 5.74) is 1.40. The van der Waals surface area contributed by atoms with Gasteiger partial charge in [-0.05, 0) is 36.8 Å². The van der Waals surface area contributed by atoms with Crippen LogP contribution in [0.3, 0.4) is 0 Å². The quantitative estimate of drug-likeness (QED) is 0.758. The number of anilines is 1. The molecule has 0 atom stereocenters. The zero-order chi connectivity index (χ0) is 16.2. The molecule has 3 aromatic rings. The minimum atomic E-state index is -0.0860. The fraction of sp³-hybridized carbons (Fsp3) is 0.188. The molecule has 1 amide bonds. The Morgan fingerprint density at radius 3 is 2.70 bits per heavy atom. The minimum absolute atomic E-state index is 0.0860. The summed E-state index contributed by atoms with van der Waals surface area (Å²) in [6, 6.07) is 10.7. The van der Waals surface area contributed by atoms with Gasteiger partial charge in [0.15, 0.2) is 5.65 Å². The topological polar surface area (TPSA) is 59.3 Å². The molecule has 0 aliphatic rings. The highest BCUT2D eigenvalue weighted by Crippen LogP contribution is 2.22. The van der Waals surface area contributed by atoms with Crippen molar-refractivity contribution in [2.45, 2.75) is 19.3 Å². The largest absolute Gasteiger partial charge is 0.326 e. The number of nitrogens with zero attached hydrogens (tertiary/aromatic N) is 3. The van der Waals surface area contributed by atoms with Gasteiger partial charge in [-0.25, -0.2) is 0 Å². The van der Waals surface area contributed by atoms with Gasteiger partial charge in [-0.3, -0.25) is 9.20 Å². The maximum atomic E-state index is 12.0. The Morgan fingerprint density at radius 1 is 1.13 bits per heavy atom. The van der Waals surface area contributed by atoms with Gasteiger partial charge in [-0.15, -0.1) is 10.2 Å². The zero-order valence-electron chi connectivity index (χ0n) is 12.2. The van der Waals surface area contributed by atoms with E-state index < -0.39 is 0 Å². The van der Waals surface area contributed by atoms with Gasteiger partial charge in [-0.1, -0.05) is 29.3 Å². The van der Waals surface area contributed by atoms with E-state index in [1.165, 1.54) is 0 Å². The number of fused-ring (bicyclic) bond motifs is 1. The Labute approximate surface area is 143 Å². The number of hydrogen-bond donors (Lipinski definition) is 1. The van der Waals surface area contributed by atoms with Crippen molar-refractivity contribution in [1.29, 1.82) is 0 Å². The molecule has 0 aliphatic carbocycles. The molecule has 0 spiro atoms. The number of nitrogens with one attached hydrogen (secondary N) is 1. The molecule has 0 radical (unpaired) electrons. The van der Waals surface area contributed by atoms with Crippen LogP contribution >= 0.6 is 23.2 Å². The van der Waals surface area contributed by atoms with Crippen molar-refractivity contribution in [2.24, 2.45) is 0 Å². The molecule has 1 aromatic carbocycles. The number of halogens is 2. The Morgan fingerprint density at radius 2 is 1.91 bits per heavy atom. The summed E-state index contributed by atoms with van der Waals surface area (Å²) >= 11 is 11.8. The van der Waals surface area contributed by atoms with Crippen LogP contribution in [0, 0.1) is 0 Å². The van der Waals surface area contributed by atoms with Crippen LogP contribution in [0.1, 0.15) is 18.7 Å². The van der Waals surface area contributed by atoms with Gasteiger partial charge in [0, 0.05) is 34.8 Å². The smallest absolute Gasteiger partial charge is 0.224 e. The van der Waals surface area contributed by atoms with Crippen molar-refractivity contribution < 1.29 is 4.79 Å². The van der Waals surface area contributed by atoms with Crippen molar-refractivity contribution in [3.05, 3.63) is 58.5 Å². The van der Waals surface area contributed by atoms with E-state index in [1.54, 1.807) is 18.2 Å². The summed E-state index contributed by atoms with van der Waals surface area (Å²) in [5, 5.41) is 12.0. The summed E-state index contributed by atoms with van der Waals surface area (Å²) in [5.74, 6) is 0.761.